The molecule has 4 nitrogen and oxygen atoms in total. The van der Waals surface area contributed by atoms with Crippen molar-refractivity contribution >= 4 is 22.1 Å². The van der Waals surface area contributed by atoms with Crippen LogP contribution in [0.5, 0.6) is 0 Å². The Balaban J connectivity index is 2.65. The molecule has 0 saturated heterocycles. The van der Waals surface area contributed by atoms with Gasteiger partial charge >= 0.3 is 0 Å². The van der Waals surface area contributed by atoms with Gasteiger partial charge in [-0.25, -0.2) is 15.0 Å². The van der Waals surface area contributed by atoms with Crippen LogP contribution in [0.25, 0.3) is 22.1 Å². The van der Waals surface area contributed by atoms with Gasteiger partial charge in [-0.2, -0.15) is 0 Å². The summed E-state index contributed by atoms with van der Waals surface area (Å²) in [6, 6.07) is 3.75. The molecule has 0 aliphatic heterocycles. The summed E-state index contributed by atoms with van der Waals surface area (Å²) < 4.78 is 5.32. The van der Waals surface area contributed by atoms with Gasteiger partial charge in [0, 0.05) is 0 Å². The van der Waals surface area contributed by atoms with E-state index in [0.717, 1.165) is 16.6 Å². The van der Waals surface area contributed by atoms with Crippen LogP contribution in [0, 0.1) is 0 Å². The Bertz CT molecular complexity index is 573. The number of benzene rings is 1. The second-order valence-corrected chi connectivity index (χ2v) is 2.69. The van der Waals surface area contributed by atoms with E-state index in [0.29, 0.717) is 5.58 Å². The maximum Gasteiger partial charge on any atom is 0.180 e. The van der Waals surface area contributed by atoms with Crippen LogP contribution in [0.4, 0.5) is 0 Å². The van der Waals surface area contributed by atoms with Crippen molar-refractivity contribution in [3.05, 3.63) is 30.9 Å². The van der Waals surface area contributed by atoms with E-state index in [1.165, 1.54) is 12.6 Å². The molecule has 2 heterocycles. The molecule has 0 saturated carbocycles. The number of imidazole rings is 1. The van der Waals surface area contributed by atoms with E-state index in [9.17, 15) is 0 Å². The van der Waals surface area contributed by atoms with E-state index in [2.05, 4.69) is 15.0 Å². The molecule has 0 radical (unpaired) electrons. The maximum absolute atomic E-state index is 5.32. The third kappa shape index (κ3) is 0.823. The van der Waals surface area contributed by atoms with Crippen molar-refractivity contribution in [1.82, 2.24) is 15.0 Å². The maximum atomic E-state index is 5.32. The van der Waals surface area contributed by atoms with E-state index in [-0.39, 0.29) is 0 Å². The van der Waals surface area contributed by atoms with Gasteiger partial charge < -0.3 is 4.42 Å². The second kappa shape index (κ2) is 2.26. The number of fused-ring (bicyclic) bond motifs is 3. The van der Waals surface area contributed by atoms with Crippen LogP contribution >= 0.6 is 0 Å². The van der Waals surface area contributed by atoms with Crippen LogP contribution in [0.1, 0.15) is 0 Å². The molecule has 0 N–H and O–H groups in total. The number of rotatable bonds is 0. The van der Waals surface area contributed by atoms with Crippen LogP contribution in [0.3, 0.4) is 0 Å². The van der Waals surface area contributed by atoms with E-state index >= 15 is 0 Å². The van der Waals surface area contributed by atoms with Crippen molar-refractivity contribution in [3.63, 3.8) is 0 Å². The quantitative estimate of drug-likeness (QED) is 0.517. The summed E-state index contributed by atoms with van der Waals surface area (Å²) in [6.45, 7) is 0. The van der Waals surface area contributed by atoms with Gasteiger partial charge in [-0.1, -0.05) is 0 Å². The highest BCUT2D eigenvalue weighted by Gasteiger charge is 2.04. The summed E-state index contributed by atoms with van der Waals surface area (Å²) in [5, 5.41) is 0. The van der Waals surface area contributed by atoms with Gasteiger partial charge in [0.05, 0.1) is 11.7 Å². The Morgan fingerprint density at radius 3 is 2.92 bits per heavy atom. The van der Waals surface area contributed by atoms with Crippen molar-refractivity contribution in [1.29, 1.82) is 0 Å². The average molecular weight is 171 g/mol. The molecule has 0 atom stereocenters. The van der Waals surface area contributed by atoms with Crippen molar-refractivity contribution in [2.24, 2.45) is 0 Å². The molecule has 2 aromatic heterocycles. The number of hydrogen-bond donors (Lipinski definition) is 0. The van der Waals surface area contributed by atoms with E-state index in [1.54, 1.807) is 6.20 Å². The van der Waals surface area contributed by atoms with E-state index < -0.39 is 0 Å². The zero-order valence-electron chi connectivity index (χ0n) is 6.64. The first-order valence-electron chi connectivity index (χ1n) is 3.88. The van der Waals surface area contributed by atoms with Gasteiger partial charge in [-0.3, -0.25) is 0 Å². The third-order valence-corrected chi connectivity index (χ3v) is 1.93. The van der Waals surface area contributed by atoms with Crippen molar-refractivity contribution < 1.29 is 4.42 Å². The highest BCUT2D eigenvalue weighted by atomic mass is 16.3. The predicted octanol–water partition coefficient (Wildman–Crippen LogP) is 1.77. The van der Waals surface area contributed by atoms with Gasteiger partial charge in [0.15, 0.2) is 5.58 Å². The molecular weight excluding hydrogens is 166 g/mol. The minimum absolute atomic E-state index is 0.692. The van der Waals surface area contributed by atoms with Crippen LogP contribution < -0.4 is 0 Å². The molecule has 0 fully saturated rings. The molecule has 13 heavy (non-hydrogen) atoms. The number of nitrogens with zero attached hydrogens (tertiary/aromatic N) is 3. The summed E-state index contributed by atoms with van der Waals surface area (Å²) in [6.07, 6.45) is 4.67. The molecule has 3 rings (SSSR count). The molecule has 4 heteroatoms. The topological polar surface area (TPSA) is 51.8 Å². The lowest BCUT2D eigenvalue weighted by Gasteiger charge is -1.94. The first kappa shape index (κ1) is 6.54. The molecule has 1 aromatic carbocycles. The SMILES string of the molecule is c1coc2c(ccc3ncnc32)n1. The number of aromatic nitrogens is 3. The van der Waals surface area contributed by atoms with Crippen LogP contribution in [-0.2, 0) is 0 Å². The van der Waals surface area contributed by atoms with E-state index in [1.807, 2.05) is 12.1 Å². The molecular formula is C9H5N3O. The predicted molar refractivity (Wildman–Crippen MR) is 47.1 cm³/mol. The Hall–Kier alpha value is -1.97. The Morgan fingerprint density at radius 1 is 1.00 bits per heavy atom. The Morgan fingerprint density at radius 2 is 1.92 bits per heavy atom. The standard InChI is InChI=1S/C9H5N3O/c1-2-7-9(13-4-3-10-7)8-6(1)11-5-12-8/h1-5H. The monoisotopic (exact) mass is 171 g/mol. The van der Waals surface area contributed by atoms with Crippen LogP contribution in [-0.4, -0.2) is 15.0 Å². The van der Waals surface area contributed by atoms with Gasteiger partial charge in [-0.15, -0.1) is 0 Å². The van der Waals surface area contributed by atoms with Crippen molar-refractivity contribution in [2.75, 3.05) is 0 Å². The van der Waals surface area contributed by atoms with Gasteiger partial charge in [0.25, 0.3) is 0 Å². The van der Waals surface area contributed by atoms with Gasteiger partial charge in [0.2, 0.25) is 0 Å². The molecule has 0 aliphatic rings. The number of hydrogen-bond acceptors (Lipinski definition) is 4. The molecule has 3 aromatic rings. The molecule has 0 amide bonds. The van der Waals surface area contributed by atoms with E-state index in [4.69, 9.17) is 4.42 Å². The summed E-state index contributed by atoms with van der Waals surface area (Å²) in [4.78, 5) is 12.3. The minimum atomic E-state index is 0.692. The smallest absolute Gasteiger partial charge is 0.180 e. The van der Waals surface area contributed by atoms with Crippen molar-refractivity contribution in [3.8, 4) is 0 Å². The zero-order valence-corrected chi connectivity index (χ0v) is 6.64. The summed E-state index contributed by atoms with van der Waals surface area (Å²) >= 11 is 0. The van der Waals surface area contributed by atoms with Gasteiger partial charge in [0.1, 0.15) is 23.6 Å². The fraction of sp³-hybridized carbons (Fsp3) is 0. The second-order valence-electron chi connectivity index (χ2n) is 2.69. The molecule has 0 aliphatic carbocycles. The lowest BCUT2D eigenvalue weighted by atomic mass is 10.3. The van der Waals surface area contributed by atoms with Crippen LogP contribution in [0.2, 0.25) is 0 Å². The normalized spacial score (nSPS) is 11.1. The molecule has 62 valence electrons. The third-order valence-electron chi connectivity index (χ3n) is 1.93. The Kier molecular flexibility index (Phi) is 1.14. The van der Waals surface area contributed by atoms with Crippen LogP contribution in [0.15, 0.2) is 35.3 Å². The average Bonchev–Trinajstić information content (AvgIpc) is 2.65. The summed E-state index contributed by atoms with van der Waals surface area (Å²) in [7, 11) is 0. The largest absolute Gasteiger partial charge is 0.459 e. The molecule has 0 unspecified atom stereocenters. The highest BCUT2D eigenvalue weighted by Crippen LogP contribution is 2.19. The van der Waals surface area contributed by atoms with Gasteiger partial charge in [-0.05, 0) is 12.1 Å². The zero-order chi connectivity index (χ0) is 8.67. The minimum Gasteiger partial charge on any atom is -0.459 e. The lowest BCUT2D eigenvalue weighted by molar-refractivity contribution is 0.600. The lowest BCUT2D eigenvalue weighted by Crippen LogP contribution is -1.78. The first-order valence-corrected chi connectivity index (χ1v) is 3.88. The fourth-order valence-corrected chi connectivity index (χ4v) is 1.35. The molecule has 0 spiro atoms. The fourth-order valence-electron chi connectivity index (χ4n) is 1.35. The highest BCUT2D eigenvalue weighted by molar-refractivity contribution is 5.98. The van der Waals surface area contributed by atoms with Crippen molar-refractivity contribution in [2.45, 2.75) is 0 Å². The summed E-state index contributed by atoms with van der Waals surface area (Å²) in [5.41, 5.74) is 3.10. The summed E-state index contributed by atoms with van der Waals surface area (Å²) in [5.74, 6) is 0. The Labute approximate surface area is 73.2 Å². The first-order chi connectivity index (χ1) is 6.45. The molecule has 0 bridgehead atoms.